The fourth-order valence-electron chi connectivity index (χ4n) is 2.18. The number of hydrogen-bond acceptors (Lipinski definition) is 2. The average molecular weight is 245 g/mol. The Morgan fingerprint density at radius 3 is 2.47 bits per heavy atom. The van der Waals surface area contributed by atoms with Crippen LogP contribution in [0.1, 0.15) is 5.56 Å². The first-order chi connectivity index (χ1) is 9.28. The van der Waals surface area contributed by atoms with Crippen LogP contribution in [0.15, 0.2) is 54.6 Å². The van der Waals surface area contributed by atoms with Crippen LogP contribution in [0.4, 0.5) is 0 Å². The van der Waals surface area contributed by atoms with E-state index in [4.69, 9.17) is 7.85 Å². The lowest BCUT2D eigenvalue weighted by atomic mass is 9.94. The molecule has 1 heterocycles. The Bertz CT molecular complexity index is 722. The minimum absolute atomic E-state index is 0.00497. The van der Waals surface area contributed by atoms with Crippen LogP contribution in [0.2, 0.25) is 0 Å². The van der Waals surface area contributed by atoms with Gasteiger partial charge in [-0.1, -0.05) is 47.9 Å². The number of aliphatic hydroxyl groups is 1. The lowest BCUT2D eigenvalue weighted by Crippen LogP contribution is -2.00. The van der Waals surface area contributed by atoms with E-state index in [2.05, 4.69) is 4.98 Å². The Morgan fingerprint density at radius 1 is 1.00 bits per heavy atom. The largest absolute Gasteiger partial charge is 0.392 e. The molecule has 2 nitrogen and oxygen atoms in total. The highest BCUT2D eigenvalue weighted by molar-refractivity contribution is 6.32. The van der Waals surface area contributed by atoms with Gasteiger partial charge in [0.15, 0.2) is 0 Å². The number of rotatable bonds is 2. The van der Waals surface area contributed by atoms with E-state index in [9.17, 15) is 5.11 Å². The molecule has 3 rings (SSSR count). The van der Waals surface area contributed by atoms with Gasteiger partial charge in [-0.05, 0) is 17.7 Å². The maximum absolute atomic E-state index is 9.50. The maximum Gasteiger partial charge on any atom is 0.113 e. The minimum Gasteiger partial charge on any atom is -0.392 e. The Morgan fingerprint density at radius 2 is 1.74 bits per heavy atom. The molecule has 3 aromatic rings. The SMILES string of the molecule is [B]c1ccc(-c2cc(CO)c3ccccc3n2)cc1. The molecule has 0 fully saturated rings. The van der Waals surface area contributed by atoms with Crippen molar-refractivity contribution in [3.05, 3.63) is 60.2 Å². The lowest BCUT2D eigenvalue weighted by Gasteiger charge is -2.08. The van der Waals surface area contributed by atoms with Gasteiger partial charge in [0.05, 0.1) is 17.8 Å². The fourth-order valence-corrected chi connectivity index (χ4v) is 2.18. The summed E-state index contributed by atoms with van der Waals surface area (Å²) in [4.78, 5) is 4.63. The standard InChI is InChI=1S/C16H12BNO/c17-13-7-5-11(6-8-13)16-9-12(10-19)14-3-1-2-4-15(14)18-16/h1-9,19H,10H2. The van der Waals surface area contributed by atoms with Gasteiger partial charge in [0.1, 0.15) is 7.85 Å². The number of hydrogen-bond donors (Lipinski definition) is 1. The molecule has 1 aromatic heterocycles. The molecule has 0 aliphatic carbocycles. The van der Waals surface area contributed by atoms with Crippen LogP contribution < -0.4 is 5.46 Å². The molecule has 0 saturated heterocycles. The van der Waals surface area contributed by atoms with E-state index in [0.29, 0.717) is 0 Å². The summed E-state index contributed by atoms with van der Waals surface area (Å²) in [6.45, 7) is 0.00497. The average Bonchev–Trinajstić information content (AvgIpc) is 2.47. The molecule has 2 aromatic carbocycles. The third-order valence-corrected chi connectivity index (χ3v) is 3.18. The van der Waals surface area contributed by atoms with Crippen molar-refractivity contribution in [3.8, 4) is 11.3 Å². The normalized spacial score (nSPS) is 10.8. The van der Waals surface area contributed by atoms with Crippen molar-refractivity contribution in [2.45, 2.75) is 6.61 Å². The van der Waals surface area contributed by atoms with Gasteiger partial charge < -0.3 is 5.11 Å². The molecule has 0 bridgehead atoms. The quantitative estimate of drug-likeness (QED) is 0.702. The highest BCUT2D eigenvalue weighted by atomic mass is 16.3. The summed E-state index contributed by atoms with van der Waals surface area (Å²) in [5.41, 5.74) is 4.35. The van der Waals surface area contributed by atoms with E-state index in [1.807, 2.05) is 54.6 Å². The predicted octanol–water partition coefficient (Wildman–Crippen LogP) is 2.19. The van der Waals surface area contributed by atoms with Crippen molar-refractivity contribution in [2.75, 3.05) is 0 Å². The van der Waals surface area contributed by atoms with Gasteiger partial charge in [-0.2, -0.15) is 0 Å². The second kappa shape index (κ2) is 4.86. The fraction of sp³-hybridized carbons (Fsp3) is 0.0625. The monoisotopic (exact) mass is 245 g/mol. The van der Waals surface area contributed by atoms with Gasteiger partial charge in [-0.3, -0.25) is 0 Å². The molecular weight excluding hydrogens is 233 g/mol. The smallest absolute Gasteiger partial charge is 0.113 e. The predicted molar refractivity (Wildman–Crippen MR) is 78.5 cm³/mol. The van der Waals surface area contributed by atoms with E-state index in [0.717, 1.165) is 33.2 Å². The topological polar surface area (TPSA) is 33.1 Å². The van der Waals surface area contributed by atoms with Crippen LogP contribution in [-0.2, 0) is 6.61 Å². The van der Waals surface area contributed by atoms with Crippen molar-refractivity contribution in [2.24, 2.45) is 0 Å². The van der Waals surface area contributed by atoms with Crippen molar-refractivity contribution in [1.82, 2.24) is 4.98 Å². The second-order valence-electron chi connectivity index (χ2n) is 4.46. The maximum atomic E-state index is 9.50. The lowest BCUT2D eigenvalue weighted by molar-refractivity contribution is 0.283. The van der Waals surface area contributed by atoms with Crippen LogP contribution >= 0.6 is 0 Å². The zero-order valence-corrected chi connectivity index (χ0v) is 10.4. The number of fused-ring (bicyclic) bond motifs is 1. The molecule has 0 unspecified atom stereocenters. The van der Waals surface area contributed by atoms with Gasteiger partial charge in [0, 0.05) is 10.9 Å². The molecule has 0 aliphatic heterocycles. The molecule has 0 amide bonds. The highest BCUT2D eigenvalue weighted by Crippen LogP contribution is 2.24. The molecule has 0 aliphatic rings. The van der Waals surface area contributed by atoms with Crippen LogP contribution in [0.25, 0.3) is 22.2 Å². The first-order valence-electron chi connectivity index (χ1n) is 6.13. The molecule has 3 heteroatoms. The van der Waals surface area contributed by atoms with Crippen LogP contribution in [0.3, 0.4) is 0 Å². The van der Waals surface area contributed by atoms with E-state index in [1.165, 1.54) is 0 Å². The van der Waals surface area contributed by atoms with E-state index < -0.39 is 0 Å². The second-order valence-corrected chi connectivity index (χ2v) is 4.46. The number of aliphatic hydroxyl groups excluding tert-OH is 1. The first kappa shape index (κ1) is 11.9. The molecule has 19 heavy (non-hydrogen) atoms. The summed E-state index contributed by atoms with van der Waals surface area (Å²) in [6.07, 6.45) is 0. The van der Waals surface area contributed by atoms with Crippen molar-refractivity contribution >= 4 is 24.2 Å². The summed E-state index contributed by atoms with van der Waals surface area (Å²) in [5, 5.41) is 10.5. The summed E-state index contributed by atoms with van der Waals surface area (Å²) in [5.74, 6) is 0. The molecule has 2 radical (unpaired) electrons. The molecule has 0 atom stereocenters. The number of nitrogens with zero attached hydrogens (tertiary/aromatic N) is 1. The Balaban J connectivity index is 2.22. The number of pyridine rings is 1. The Labute approximate surface area is 113 Å². The van der Waals surface area contributed by atoms with Crippen molar-refractivity contribution < 1.29 is 5.11 Å². The van der Waals surface area contributed by atoms with Gasteiger partial charge in [-0.15, -0.1) is 0 Å². The zero-order chi connectivity index (χ0) is 13.2. The highest BCUT2D eigenvalue weighted by Gasteiger charge is 2.06. The minimum atomic E-state index is 0.00497. The molecule has 0 spiro atoms. The van der Waals surface area contributed by atoms with E-state index >= 15 is 0 Å². The zero-order valence-electron chi connectivity index (χ0n) is 10.4. The number of benzene rings is 2. The molecular formula is C16H12BNO. The van der Waals surface area contributed by atoms with Gasteiger partial charge in [-0.25, -0.2) is 4.98 Å². The summed E-state index contributed by atoms with van der Waals surface area (Å²) >= 11 is 0. The molecule has 1 N–H and O–H groups in total. The van der Waals surface area contributed by atoms with Crippen LogP contribution in [-0.4, -0.2) is 17.9 Å². The van der Waals surface area contributed by atoms with Crippen LogP contribution in [0, 0.1) is 0 Å². The van der Waals surface area contributed by atoms with Gasteiger partial charge in [0.25, 0.3) is 0 Å². The third kappa shape index (κ3) is 2.25. The Kier molecular flexibility index (Phi) is 3.06. The summed E-state index contributed by atoms with van der Waals surface area (Å²) in [7, 11) is 5.69. The number of para-hydroxylation sites is 1. The van der Waals surface area contributed by atoms with E-state index in [1.54, 1.807) is 0 Å². The summed E-state index contributed by atoms with van der Waals surface area (Å²) < 4.78 is 0. The first-order valence-corrected chi connectivity index (χ1v) is 6.13. The van der Waals surface area contributed by atoms with Gasteiger partial charge in [0.2, 0.25) is 0 Å². The van der Waals surface area contributed by atoms with E-state index in [-0.39, 0.29) is 6.61 Å². The van der Waals surface area contributed by atoms with Crippen molar-refractivity contribution in [3.63, 3.8) is 0 Å². The Hall–Kier alpha value is -2.13. The van der Waals surface area contributed by atoms with Crippen molar-refractivity contribution in [1.29, 1.82) is 0 Å². The molecule has 0 saturated carbocycles. The van der Waals surface area contributed by atoms with Crippen LogP contribution in [0.5, 0.6) is 0 Å². The number of aromatic nitrogens is 1. The third-order valence-electron chi connectivity index (χ3n) is 3.18. The molecule has 90 valence electrons. The van der Waals surface area contributed by atoms with Gasteiger partial charge >= 0.3 is 0 Å². The summed E-state index contributed by atoms with van der Waals surface area (Å²) in [6, 6.07) is 17.3.